The van der Waals surface area contributed by atoms with E-state index in [0.29, 0.717) is 20.6 Å². The van der Waals surface area contributed by atoms with Crippen molar-refractivity contribution in [2.75, 3.05) is 12.8 Å². The van der Waals surface area contributed by atoms with Gasteiger partial charge in [-0.05, 0) is 29.9 Å². The van der Waals surface area contributed by atoms with E-state index < -0.39 is 5.56 Å². The number of ketones is 1. The highest BCUT2D eigenvalue weighted by Crippen LogP contribution is 2.31. The van der Waals surface area contributed by atoms with Gasteiger partial charge in [-0.15, -0.1) is 0 Å². The summed E-state index contributed by atoms with van der Waals surface area (Å²) in [4.78, 5) is 28.6. The second-order valence-electron chi connectivity index (χ2n) is 5.85. The second kappa shape index (κ2) is 7.06. The van der Waals surface area contributed by atoms with Crippen LogP contribution in [0.5, 0.6) is 0 Å². The molecule has 1 aliphatic carbocycles. The van der Waals surface area contributed by atoms with Gasteiger partial charge in [0.15, 0.2) is 5.76 Å². The lowest BCUT2D eigenvalue weighted by molar-refractivity contribution is -0.114. The molecule has 9 heteroatoms. The van der Waals surface area contributed by atoms with Crippen molar-refractivity contribution in [3.63, 3.8) is 0 Å². The third-order valence-electron chi connectivity index (χ3n) is 4.09. The van der Waals surface area contributed by atoms with Gasteiger partial charge in [-0.25, -0.2) is 0 Å². The SMILES string of the molecule is COC1=C/C(=C\c2c(N)n3nc(-c4ccccc4Cl)sc3nc2=O)C=CC1=O. The van der Waals surface area contributed by atoms with E-state index in [1.54, 1.807) is 18.2 Å². The van der Waals surface area contributed by atoms with Gasteiger partial charge in [-0.1, -0.05) is 47.2 Å². The van der Waals surface area contributed by atoms with Crippen LogP contribution >= 0.6 is 22.9 Å². The van der Waals surface area contributed by atoms with Crippen molar-refractivity contribution in [2.45, 2.75) is 0 Å². The molecular formula is C19H13ClN4O3S. The fourth-order valence-electron chi connectivity index (χ4n) is 2.70. The van der Waals surface area contributed by atoms with Crippen molar-refractivity contribution in [1.29, 1.82) is 0 Å². The van der Waals surface area contributed by atoms with Gasteiger partial charge in [0.2, 0.25) is 10.7 Å². The van der Waals surface area contributed by atoms with Crippen LogP contribution in [0.3, 0.4) is 0 Å². The molecule has 0 amide bonds. The molecule has 0 unspecified atom stereocenters. The molecule has 0 spiro atoms. The number of nitrogen functional groups attached to an aromatic ring is 1. The molecule has 28 heavy (non-hydrogen) atoms. The van der Waals surface area contributed by atoms with Gasteiger partial charge in [0.1, 0.15) is 10.8 Å². The maximum atomic E-state index is 12.5. The van der Waals surface area contributed by atoms with E-state index in [0.717, 1.165) is 5.56 Å². The maximum absolute atomic E-state index is 12.5. The summed E-state index contributed by atoms with van der Waals surface area (Å²) in [5, 5.41) is 5.60. The van der Waals surface area contributed by atoms with Crippen molar-refractivity contribution >= 4 is 45.6 Å². The zero-order chi connectivity index (χ0) is 19.8. The molecule has 3 aromatic rings. The maximum Gasteiger partial charge on any atom is 0.283 e. The average molecular weight is 413 g/mol. The molecule has 1 aromatic carbocycles. The van der Waals surface area contributed by atoms with Crippen molar-refractivity contribution in [2.24, 2.45) is 0 Å². The first-order valence-electron chi connectivity index (χ1n) is 8.12. The second-order valence-corrected chi connectivity index (χ2v) is 7.22. The molecule has 0 radical (unpaired) electrons. The number of hydrogen-bond donors (Lipinski definition) is 1. The Hall–Kier alpha value is -3.23. The van der Waals surface area contributed by atoms with E-state index >= 15 is 0 Å². The molecule has 2 aromatic heterocycles. The van der Waals surface area contributed by atoms with Crippen LogP contribution in [0.4, 0.5) is 5.82 Å². The predicted octanol–water partition coefficient (Wildman–Crippen LogP) is 3.11. The Labute approximate surface area is 168 Å². The lowest BCUT2D eigenvalue weighted by Crippen LogP contribution is -2.17. The van der Waals surface area contributed by atoms with Crippen LogP contribution in [0.2, 0.25) is 5.02 Å². The van der Waals surface area contributed by atoms with Crippen LogP contribution in [0, 0.1) is 0 Å². The van der Waals surface area contributed by atoms with E-state index in [-0.39, 0.29) is 22.9 Å². The molecule has 0 fully saturated rings. The zero-order valence-electron chi connectivity index (χ0n) is 14.5. The largest absolute Gasteiger partial charge is 0.493 e. The number of rotatable bonds is 3. The quantitative estimate of drug-likeness (QED) is 0.709. The third kappa shape index (κ3) is 3.12. The predicted molar refractivity (Wildman–Crippen MR) is 109 cm³/mol. The number of allylic oxidation sites excluding steroid dienone is 4. The Kier molecular flexibility index (Phi) is 4.58. The number of carbonyl (C=O) groups excluding carboxylic acids is 1. The Bertz CT molecular complexity index is 1270. The van der Waals surface area contributed by atoms with E-state index in [1.165, 1.54) is 35.1 Å². The molecule has 0 atom stereocenters. The van der Waals surface area contributed by atoms with Crippen LogP contribution in [-0.2, 0) is 9.53 Å². The minimum Gasteiger partial charge on any atom is -0.493 e. The van der Waals surface area contributed by atoms with Crippen molar-refractivity contribution in [1.82, 2.24) is 14.6 Å². The van der Waals surface area contributed by atoms with E-state index in [9.17, 15) is 9.59 Å². The lowest BCUT2D eigenvalue weighted by Gasteiger charge is -2.08. The highest BCUT2D eigenvalue weighted by molar-refractivity contribution is 7.19. The topological polar surface area (TPSA) is 99.6 Å². The van der Waals surface area contributed by atoms with Gasteiger partial charge in [-0.2, -0.15) is 14.6 Å². The Balaban J connectivity index is 1.86. The van der Waals surface area contributed by atoms with Gasteiger partial charge in [0.25, 0.3) is 5.56 Å². The molecule has 0 saturated carbocycles. The number of carbonyl (C=O) groups is 1. The molecular weight excluding hydrogens is 400 g/mol. The van der Waals surface area contributed by atoms with Gasteiger partial charge < -0.3 is 10.5 Å². The molecule has 2 heterocycles. The van der Waals surface area contributed by atoms with Gasteiger partial charge in [0, 0.05) is 5.56 Å². The first kappa shape index (κ1) is 18.1. The Morgan fingerprint density at radius 2 is 2.04 bits per heavy atom. The minimum atomic E-state index is -0.489. The van der Waals surface area contributed by atoms with E-state index in [2.05, 4.69) is 10.1 Å². The number of nitrogens with two attached hydrogens (primary N) is 1. The summed E-state index contributed by atoms with van der Waals surface area (Å²) in [6, 6.07) is 7.26. The molecule has 0 aliphatic heterocycles. The van der Waals surface area contributed by atoms with Crippen LogP contribution in [-0.4, -0.2) is 27.5 Å². The van der Waals surface area contributed by atoms with Gasteiger partial charge >= 0.3 is 0 Å². The molecule has 0 bridgehead atoms. The number of hydrogen-bond acceptors (Lipinski definition) is 7. The lowest BCUT2D eigenvalue weighted by atomic mass is 10.0. The summed E-state index contributed by atoms with van der Waals surface area (Å²) in [7, 11) is 1.41. The monoisotopic (exact) mass is 412 g/mol. The van der Waals surface area contributed by atoms with Crippen LogP contribution < -0.4 is 11.3 Å². The average Bonchev–Trinajstić information content (AvgIpc) is 3.10. The van der Waals surface area contributed by atoms with Crippen LogP contribution in [0.25, 0.3) is 21.6 Å². The highest BCUT2D eigenvalue weighted by atomic mass is 35.5. The third-order valence-corrected chi connectivity index (χ3v) is 5.37. The minimum absolute atomic E-state index is 0.148. The number of anilines is 1. The molecule has 140 valence electrons. The van der Waals surface area contributed by atoms with Gasteiger partial charge in [-0.3, -0.25) is 9.59 Å². The summed E-state index contributed by atoms with van der Waals surface area (Å²) in [5.74, 6) is 0.0765. The first-order valence-corrected chi connectivity index (χ1v) is 9.31. The van der Waals surface area contributed by atoms with E-state index in [1.807, 2.05) is 18.2 Å². The summed E-state index contributed by atoms with van der Waals surface area (Å²) in [6.45, 7) is 0. The molecule has 1 aliphatic rings. The van der Waals surface area contributed by atoms with Crippen molar-refractivity contribution < 1.29 is 9.53 Å². The fourth-order valence-corrected chi connectivity index (χ4v) is 3.92. The summed E-state index contributed by atoms with van der Waals surface area (Å²) in [6.07, 6.45) is 6.03. The smallest absolute Gasteiger partial charge is 0.283 e. The first-order chi connectivity index (χ1) is 13.5. The normalized spacial score (nSPS) is 15.3. The number of methoxy groups -OCH3 is 1. The molecule has 4 rings (SSSR count). The van der Waals surface area contributed by atoms with Crippen molar-refractivity contribution in [3.8, 4) is 10.6 Å². The van der Waals surface area contributed by atoms with Crippen LogP contribution in [0.1, 0.15) is 5.56 Å². The standard InChI is InChI=1S/C19H13ClN4O3S/c1-27-15-9-10(6-7-14(15)25)8-12-16(21)24-19(22-17(12)26)28-18(23-24)11-4-2-3-5-13(11)20/h2-9H,21H2,1H3/b10-8-. The molecule has 0 saturated heterocycles. The number of halogens is 1. The zero-order valence-corrected chi connectivity index (χ0v) is 16.1. The molecule has 7 nitrogen and oxygen atoms in total. The number of aromatic nitrogens is 3. The summed E-state index contributed by atoms with van der Waals surface area (Å²) >= 11 is 7.45. The number of nitrogens with zero attached hydrogens (tertiary/aromatic N) is 3. The van der Waals surface area contributed by atoms with Gasteiger partial charge in [0.05, 0.1) is 17.7 Å². The number of ether oxygens (including phenoxy) is 1. The number of fused-ring (bicyclic) bond motifs is 1. The Morgan fingerprint density at radius 3 is 2.79 bits per heavy atom. The highest BCUT2D eigenvalue weighted by Gasteiger charge is 2.17. The molecule has 2 N–H and O–H groups in total. The van der Waals surface area contributed by atoms with Crippen molar-refractivity contribution in [3.05, 3.63) is 74.8 Å². The van der Waals surface area contributed by atoms with E-state index in [4.69, 9.17) is 22.1 Å². The summed E-state index contributed by atoms with van der Waals surface area (Å²) in [5.41, 5.74) is 7.21. The fraction of sp³-hybridized carbons (Fsp3) is 0.0526. The number of benzene rings is 1. The van der Waals surface area contributed by atoms with Crippen LogP contribution in [0.15, 0.2) is 58.6 Å². The summed E-state index contributed by atoms with van der Waals surface area (Å²) < 4.78 is 6.44. The Morgan fingerprint density at radius 1 is 1.25 bits per heavy atom.